The van der Waals surface area contributed by atoms with Crippen LogP contribution in [0.1, 0.15) is 18.6 Å². The molecule has 0 aliphatic heterocycles. The van der Waals surface area contributed by atoms with Gasteiger partial charge in [0, 0.05) is 6.26 Å². The summed E-state index contributed by atoms with van der Waals surface area (Å²) in [5.74, 6) is -0.466. The lowest BCUT2D eigenvalue weighted by molar-refractivity contribution is 0.163. The van der Waals surface area contributed by atoms with Crippen molar-refractivity contribution in [1.82, 2.24) is 0 Å². The van der Waals surface area contributed by atoms with Crippen LogP contribution in [0.25, 0.3) is 0 Å². The van der Waals surface area contributed by atoms with E-state index >= 15 is 0 Å². The van der Waals surface area contributed by atoms with Crippen LogP contribution in [-0.4, -0.2) is 24.0 Å². The van der Waals surface area contributed by atoms with E-state index in [0.29, 0.717) is 0 Å². The standard InChI is InChI=1S/C10H12ClFO3S/c1-10(11,16(2,14)15)9(13)7-3-5-8(12)6-4-7/h3-6,9,13H,1-2H3/t9-,10-/m1/s1. The van der Waals surface area contributed by atoms with Crippen molar-refractivity contribution < 1.29 is 17.9 Å². The van der Waals surface area contributed by atoms with E-state index in [9.17, 15) is 17.9 Å². The number of hydrogen-bond donors (Lipinski definition) is 1. The van der Waals surface area contributed by atoms with E-state index in [0.717, 1.165) is 18.4 Å². The zero-order chi connectivity index (χ0) is 12.6. The van der Waals surface area contributed by atoms with Gasteiger partial charge in [0.15, 0.2) is 14.0 Å². The maximum atomic E-state index is 12.6. The van der Waals surface area contributed by atoms with E-state index in [2.05, 4.69) is 0 Å². The topological polar surface area (TPSA) is 54.4 Å². The van der Waals surface area contributed by atoms with Gasteiger partial charge in [0.2, 0.25) is 0 Å². The summed E-state index contributed by atoms with van der Waals surface area (Å²) in [5.41, 5.74) is 0.254. The SMILES string of the molecule is C[C@](Cl)([C@H](O)c1ccc(F)cc1)S(C)(=O)=O. The van der Waals surface area contributed by atoms with Crippen molar-refractivity contribution in [1.29, 1.82) is 0 Å². The Kier molecular flexibility index (Phi) is 3.62. The van der Waals surface area contributed by atoms with Crippen LogP contribution in [-0.2, 0) is 9.84 Å². The molecule has 1 aromatic carbocycles. The Balaban J connectivity index is 3.12. The van der Waals surface area contributed by atoms with Crippen molar-refractivity contribution in [3.8, 4) is 0 Å². The fourth-order valence-electron chi connectivity index (χ4n) is 1.15. The second-order valence-corrected chi connectivity index (χ2v) is 7.11. The Morgan fingerprint density at radius 3 is 2.19 bits per heavy atom. The fraction of sp³-hybridized carbons (Fsp3) is 0.400. The maximum Gasteiger partial charge on any atom is 0.172 e. The van der Waals surface area contributed by atoms with Crippen LogP contribution in [0.4, 0.5) is 4.39 Å². The third kappa shape index (κ3) is 2.53. The number of alkyl halides is 1. The monoisotopic (exact) mass is 266 g/mol. The molecule has 0 saturated heterocycles. The van der Waals surface area contributed by atoms with Crippen molar-refractivity contribution in [3.05, 3.63) is 35.6 Å². The molecule has 0 spiro atoms. The predicted octanol–water partition coefficient (Wildman–Crippen LogP) is 1.86. The average molecular weight is 267 g/mol. The number of benzene rings is 1. The number of halogens is 2. The quantitative estimate of drug-likeness (QED) is 0.850. The van der Waals surface area contributed by atoms with E-state index < -0.39 is 26.0 Å². The van der Waals surface area contributed by atoms with Gasteiger partial charge in [-0.05, 0) is 24.6 Å². The van der Waals surface area contributed by atoms with Gasteiger partial charge >= 0.3 is 0 Å². The normalized spacial score (nSPS) is 17.8. The van der Waals surface area contributed by atoms with Crippen LogP contribution in [0.3, 0.4) is 0 Å². The first-order valence-electron chi connectivity index (χ1n) is 4.48. The highest BCUT2D eigenvalue weighted by atomic mass is 35.5. The third-order valence-corrected chi connectivity index (χ3v) is 5.12. The zero-order valence-electron chi connectivity index (χ0n) is 8.81. The minimum Gasteiger partial charge on any atom is -0.385 e. The lowest BCUT2D eigenvalue weighted by atomic mass is 10.1. The van der Waals surface area contributed by atoms with E-state index in [1.807, 2.05) is 0 Å². The summed E-state index contributed by atoms with van der Waals surface area (Å²) in [5, 5.41) is 9.84. The Morgan fingerprint density at radius 1 is 1.38 bits per heavy atom. The summed E-state index contributed by atoms with van der Waals surface area (Å²) in [6.45, 7) is 1.21. The molecule has 1 N–H and O–H groups in total. The summed E-state index contributed by atoms with van der Waals surface area (Å²) in [6.07, 6.45) is -0.475. The van der Waals surface area contributed by atoms with Gasteiger partial charge < -0.3 is 5.11 Å². The summed E-state index contributed by atoms with van der Waals surface area (Å²) < 4.78 is 33.6. The van der Waals surface area contributed by atoms with Crippen molar-refractivity contribution in [2.45, 2.75) is 17.2 Å². The molecule has 3 nitrogen and oxygen atoms in total. The molecule has 0 aliphatic rings. The van der Waals surface area contributed by atoms with Crippen LogP contribution in [0.2, 0.25) is 0 Å². The lowest BCUT2D eigenvalue weighted by Gasteiger charge is -2.26. The first kappa shape index (κ1) is 13.4. The number of hydrogen-bond acceptors (Lipinski definition) is 3. The molecule has 90 valence electrons. The smallest absolute Gasteiger partial charge is 0.172 e. The summed E-state index contributed by atoms with van der Waals surface area (Å²) in [6, 6.07) is 4.86. The molecule has 0 saturated carbocycles. The molecule has 0 bridgehead atoms. The van der Waals surface area contributed by atoms with Crippen molar-refractivity contribution in [2.75, 3.05) is 6.26 Å². The molecule has 0 unspecified atom stereocenters. The largest absolute Gasteiger partial charge is 0.385 e. The number of sulfone groups is 1. The van der Waals surface area contributed by atoms with E-state index in [4.69, 9.17) is 11.6 Å². The molecular weight excluding hydrogens is 255 g/mol. The lowest BCUT2D eigenvalue weighted by Crippen LogP contribution is -2.35. The van der Waals surface area contributed by atoms with Gasteiger partial charge in [-0.15, -0.1) is 0 Å². The molecule has 6 heteroatoms. The van der Waals surface area contributed by atoms with Gasteiger partial charge in [-0.1, -0.05) is 23.7 Å². The van der Waals surface area contributed by atoms with Crippen LogP contribution < -0.4 is 0 Å². The van der Waals surface area contributed by atoms with Gasteiger partial charge in [0.05, 0.1) is 0 Å². The second kappa shape index (κ2) is 4.31. The van der Waals surface area contributed by atoms with Crippen molar-refractivity contribution in [2.24, 2.45) is 0 Å². The molecule has 0 aromatic heterocycles. The van der Waals surface area contributed by atoms with Gasteiger partial charge in [-0.2, -0.15) is 0 Å². The Hall–Kier alpha value is -0.650. The number of aliphatic hydroxyl groups is 1. The highest BCUT2D eigenvalue weighted by molar-refractivity contribution is 7.93. The molecular formula is C10H12ClFO3S. The highest BCUT2D eigenvalue weighted by Gasteiger charge is 2.41. The molecule has 1 rings (SSSR count). The Morgan fingerprint density at radius 2 is 1.81 bits per heavy atom. The summed E-state index contributed by atoms with van der Waals surface area (Å²) in [7, 11) is -3.64. The number of aliphatic hydroxyl groups excluding tert-OH is 1. The molecule has 16 heavy (non-hydrogen) atoms. The van der Waals surface area contributed by atoms with Gasteiger partial charge in [-0.25, -0.2) is 12.8 Å². The summed E-state index contributed by atoms with van der Waals surface area (Å²) in [4.78, 5) is 0. The first-order valence-corrected chi connectivity index (χ1v) is 6.75. The first-order chi connectivity index (χ1) is 7.16. The molecule has 0 aliphatic carbocycles. The highest BCUT2D eigenvalue weighted by Crippen LogP contribution is 2.36. The maximum absolute atomic E-state index is 12.6. The van der Waals surface area contributed by atoms with E-state index in [1.165, 1.54) is 19.1 Å². The van der Waals surface area contributed by atoms with Gasteiger partial charge in [0.25, 0.3) is 0 Å². The Labute approximate surface area is 98.8 Å². The van der Waals surface area contributed by atoms with Crippen molar-refractivity contribution in [3.63, 3.8) is 0 Å². The average Bonchev–Trinajstić information content (AvgIpc) is 2.16. The molecule has 0 heterocycles. The summed E-state index contributed by atoms with van der Waals surface area (Å²) >= 11 is 5.81. The zero-order valence-corrected chi connectivity index (χ0v) is 10.4. The second-order valence-electron chi connectivity index (χ2n) is 3.71. The Bertz CT molecular complexity index is 467. The van der Waals surface area contributed by atoms with Crippen LogP contribution in [0.15, 0.2) is 24.3 Å². The van der Waals surface area contributed by atoms with E-state index in [-0.39, 0.29) is 5.56 Å². The van der Waals surface area contributed by atoms with Crippen LogP contribution in [0.5, 0.6) is 0 Å². The molecule has 1 aromatic rings. The number of rotatable bonds is 3. The van der Waals surface area contributed by atoms with Crippen molar-refractivity contribution >= 4 is 21.4 Å². The minimum atomic E-state index is -3.64. The van der Waals surface area contributed by atoms with Crippen LogP contribution in [0, 0.1) is 5.82 Å². The third-order valence-electron chi connectivity index (χ3n) is 2.40. The van der Waals surface area contributed by atoms with E-state index in [1.54, 1.807) is 0 Å². The van der Waals surface area contributed by atoms with Gasteiger partial charge in [0.1, 0.15) is 11.9 Å². The molecule has 2 atom stereocenters. The molecule has 0 amide bonds. The molecule has 0 fully saturated rings. The van der Waals surface area contributed by atoms with Gasteiger partial charge in [-0.3, -0.25) is 0 Å². The molecule has 0 radical (unpaired) electrons. The van der Waals surface area contributed by atoms with Crippen LogP contribution >= 0.6 is 11.6 Å². The minimum absolute atomic E-state index is 0.254. The fourth-order valence-corrected chi connectivity index (χ4v) is 1.81. The predicted molar refractivity (Wildman–Crippen MR) is 60.5 cm³/mol.